The molecule has 3 aromatic rings. The first-order chi connectivity index (χ1) is 14.7. The van der Waals surface area contributed by atoms with Crippen LogP contribution in [0.5, 0.6) is 0 Å². The van der Waals surface area contributed by atoms with Gasteiger partial charge in [-0.25, -0.2) is 19.3 Å². The Bertz CT molecular complexity index is 1090. The lowest BCUT2D eigenvalue weighted by atomic mass is 10.2. The average molecular weight is 483 g/mol. The minimum atomic E-state index is -4.56. The summed E-state index contributed by atoms with van der Waals surface area (Å²) in [6.07, 6.45) is 1.34. The number of hydrogen-bond donors (Lipinski definition) is 3. The number of nitrogens with zero attached hydrogens (tertiary/aromatic N) is 3. The van der Waals surface area contributed by atoms with E-state index in [1.54, 1.807) is 18.5 Å². The van der Waals surface area contributed by atoms with E-state index in [1.807, 2.05) is 5.32 Å². The number of thioether (sulfide) groups is 1. The Morgan fingerprint density at radius 2 is 2.13 bits per heavy atom. The predicted octanol–water partition coefficient (Wildman–Crippen LogP) is 4.76. The van der Waals surface area contributed by atoms with Gasteiger partial charge in [-0.2, -0.15) is 24.9 Å². The van der Waals surface area contributed by atoms with Gasteiger partial charge in [0.2, 0.25) is 5.91 Å². The summed E-state index contributed by atoms with van der Waals surface area (Å²) in [4.78, 5) is 27.4. The van der Waals surface area contributed by atoms with Gasteiger partial charge in [-0.05, 0) is 24.5 Å². The Morgan fingerprint density at radius 1 is 1.35 bits per heavy atom. The predicted molar refractivity (Wildman–Crippen MR) is 118 cm³/mol. The van der Waals surface area contributed by atoms with Crippen LogP contribution in [0.4, 0.5) is 23.4 Å². The van der Waals surface area contributed by atoms with Gasteiger partial charge in [0.25, 0.3) is 0 Å². The maximum absolute atomic E-state index is 14.4. The molecule has 0 aromatic carbocycles. The first kappa shape index (κ1) is 23.1. The number of nitrogens with one attached hydrogen (secondary N) is 3. The van der Waals surface area contributed by atoms with Gasteiger partial charge in [-0.3, -0.25) is 4.79 Å². The third-order valence-corrected chi connectivity index (χ3v) is 5.03. The van der Waals surface area contributed by atoms with Crippen LogP contribution in [0.2, 0.25) is 5.02 Å². The Kier molecular flexibility index (Phi) is 7.21. The lowest BCUT2D eigenvalue weighted by Crippen LogP contribution is -2.44. The lowest BCUT2D eigenvalue weighted by Gasteiger charge is -2.19. The van der Waals surface area contributed by atoms with Gasteiger partial charge in [-0.1, -0.05) is 11.6 Å². The Labute approximate surface area is 187 Å². The smallest absolute Gasteiger partial charge is 0.356 e. The van der Waals surface area contributed by atoms with Gasteiger partial charge in [0.1, 0.15) is 18.2 Å². The second-order valence-corrected chi connectivity index (χ2v) is 7.88. The van der Waals surface area contributed by atoms with Crippen molar-refractivity contribution in [3.63, 3.8) is 0 Å². The number of amides is 1. The highest BCUT2D eigenvalue weighted by atomic mass is 35.5. The van der Waals surface area contributed by atoms with E-state index in [9.17, 15) is 22.4 Å². The van der Waals surface area contributed by atoms with Crippen LogP contribution < -0.4 is 10.6 Å². The second kappa shape index (κ2) is 9.69. The molecule has 0 aliphatic carbocycles. The number of aromatic nitrogens is 4. The molecule has 172 valence electrons. The number of alkyl halides is 3. The Morgan fingerprint density at radius 3 is 2.84 bits per heavy atom. The first-order valence-corrected chi connectivity index (χ1v) is 10.7. The molecule has 3 N–H and O–H groups in total. The summed E-state index contributed by atoms with van der Waals surface area (Å²) >= 11 is 7.39. The topological polar surface area (TPSA) is 95.6 Å². The van der Waals surface area contributed by atoms with E-state index in [-0.39, 0.29) is 22.3 Å². The van der Waals surface area contributed by atoms with E-state index < -0.39 is 30.5 Å². The molecule has 0 spiro atoms. The van der Waals surface area contributed by atoms with Crippen molar-refractivity contribution in [2.75, 3.05) is 23.9 Å². The molecule has 3 heterocycles. The maximum atomic E-state index is 14.4. The van der Waals surface area contributed by atoms with E-state index in [2.05, 4.69) is 25.3 Å². The SMILES string of the molecule is CSCC[C@@H](Nc1nc(-c2c[nH]c3ncc(Cl)cc23)ncc1F)C(=O)NCC(F)(F)F.[HH].[HH].[HH]. The van der Waals surface area contributed by atoms with E-state index >= 15 is 0 Å². The van der Waals surface area contributed by atoms with E-state index in [0.717, 1.165) is 6.20 Å². The van der Waals surface area contributed by atoms with Crippen molar-refractivity contribution < 1.29 is 26.6 Å². The van der Waals surface area contributed by atoms with Crippen LogP contribution in [0.25, 0.3) is 22.4 Å². The Balaban J connectivity index is 0.00000363. The minimum Gasteiger partial charge on any atom is -0.356 e. The van der Waals surface area contributed by atoms with Crippen molar-refractivity contribution in [3.8, 4) is 11.4 Å². The molecule has 0 bridgehead atoms. The molecule has 0 aliphatic rings. The van der Waals surface area contributed by atoms with Gasteiger partial charge >= 0.3 is 6.18 Å². The van der Waals surface area contributed by atoms with Crippen LogP contribution in [0, 0.1) is 5.82 Å². The van der Waals surface area contributed by atoms with Crippen LogP contribution in [-0.4, -0.2) is 56.6 Å². The number of aromatic amines is 1. The zero-order valence-corrected chi connectivity index (χ0v) is 17.6. The molecule has 0 saturated heterocycles. The normalized spacial score (nSPS) is 12.7. The molecule has 7 nitrogen and oxygen atoms in total. The van der Waals surface area contributed by atoms with Crippen molar-refractivity contribution >= 4 is 46.1 Å². The van der Waals surface area contributed by atoms with Gasteiger partial charge in [0.05, 0.1) is 11.2 Å². The number of fused-ring (bicyclic) bond motifs is 1. The van der Waals surface area contributed by atoms with Crippen LogP contribution in [0.15, 0.2) is 24.7 Å². The second-order valence-electron chi connectivity index (χ2n) is 6.45. The molecular weight excluding hydrogens is 460 g/mol. The summed E-state index contributed by atoms with van der Waals surface area (Å²) in [5, 5.41) is 5.41. The highest BCUT2D eigenvalue weighted by Gasteiger charge is 2.30. The van der Waals surface area contributed by atoms with Crippen LogP contribution in [0.3, 0.4) is 0 Å². The number of pyridine rings is 1. The molecule has 3 aromatic heterocycles. The maximum Gasteiger partial charge on any atom is 0.405 e. The quantitative estimate of drug-likeness (QED) is 0.400. The van der Waals surface area contributed by atoms with Gasteiger partial charge < -0.3 is 15.6 Å². The molecule has 3 rings (SSSR count). The summed E-state index contributed by atoms with van der Waals surface area (Å²) in [5.74, 6) is -1.48. The zero-order chi connectivity index (χ0) is 22.6. The zero-order valence-electron chi connectivity index (χ0n) is 16.1. The van der Waals surface area contributed by atoms with Crippen LogP contribution in [-0.2, 0) is 4.79 Å². The van der Waals surface area contributed by atoms with E-state index in [4.69, 9.17) is 11.6 Å². The fraction of sp³-hybridized carbons (Fsp3) is 0.333. The van der Waals surface area contributed by atoms with Crippen LogP contribution in [0.1, 0.15) is 10.7 Å². The molecule has 1 atom stereocenters. The monoisotopic (exact) mass is 482 g/mol. The summed E-state index contributed by atoms with van der Waals surface area (Å²) in [6, 6.07) is 0.521. The summed E-state index contributed by atoms with van der Waals surface area (Å²) < 4.78 is 51.7. The van der Waals surface area contributed by atoms with E-state index in [0.29, 0.717) is 27.4 Å². The highest BCUT2D eigenvalue weighted by Crippen LogP contribution is 2.28. The summed E-state index contributed by atoms with van der Waals surface area (Å²) in [7, 11) is 0. The molecule has 31 heavy (non-hydrogen) atoms. The number of hydrogen-bond acceptors (Lipinski definition) is 6. The summed E-state index contributed by atoms with van der Waals surface area (Å²) in [5.41, 5.74) is 1.02. The fourth-order valence-electron chi connectivity index (χ4n) is 2.74. The van der Waals surface area contributed by atoms with Crippen molar-refractivity contribution in [2.24, 2.45) is 0 Å². The van der Waals surface area contributed by atoms with Gasteiger partial charge in [-0.15, -0.1) is 0 Å². The molecule has 0 saturated carbocycles. The molecule has 0 fully saturated rings. The largest absolute Gasteiger partial charge is 0.405 e. The molecule has 13 heteroatoms. The van der Waals surface area contributed by atoms with Crippen molar-refractivity contribution in [1.29, 1.82) is 0 Å². The van der Waals surface area contributed by atoms with Gasteiger partial charge in [0, 0.05) is 27.6 Å². The van der Waals surface area contributed by atoms with Crippen LogP contribution >= 0.6 is 23.4 Å². The molecule has 1 amide bonds. The van der Waals surface area contributed by atoms with E-state index in [1.165, 1.54) is 18.0 Å². The number of carbonyl (C=O) groups is 1. The van der Waals surface area contributed by atoms with Crippen molar-refractivity contribution in [3.05, 3.63) is 35.5 Å². The number of H-pyrrole nitrogens is 1. The standard InChI is InChI=1S/C18H17ClF4N6OS.3H2/c1-31-3-2-13(17(30)27-8-18(21,22)23)28-16-12(20)7-26-15(29-16)11-6-25-14-10(11)4-9(19)5-24-14;;;/h4-7,13H,2-3,8H2,1H3,(H,24,25)(H,27,30)(H,26,28,29);3*1H/t13-;;;/m1.../s1. The number of anilines is 1. The Hall–Kier alpha value is -2.60. The first-order valence-electron chi connectivity index (χ1n) is 8.93. The number of rotatable bonds is 8. The minimum absolute atomic E-state index is 0. The number of halogens is 5. The average Bonchev–Trinajstić information content (AvgIpc) is 3.13. The number of carbonyl (C=O) groups excluding carboxylic acids is 1. The van der Waals surface area contributed by atoms with Crippen molar-refractivity contribution in [2.45, 2.75) is 18.6 Å². The van der Waals surface area contributed by atoms with Crippen molar-refractivity contribution in [1.82, 2.24) is 25.3 Å². The molecule has 0 aliphatic heterocycles. The third kappa shape index (κ3) is 5.97. The molecule has 0 unspecified atom stereocenters. The highest BCUT2D eigenvalue weighted by molar-refractivity contribution is 7.98. The lowest BCUT2D eigenvalue weighted by molar-refractivity contribution is -0.138. The molecule has 0 radical (unpaired) electrons. The third-order valence-electron chi connectivity index (χ3n) is 4.18. The summed E-state index contributed by atoms with van der Waals surface area (Å²) in [6.45, 7) is -1.48. The van der Waals surface area contributed by atoms with Gasteiger partial charge in [0.15, 0.2) is 17.5 Å². The fourth-order valence-corrected chi connectivity index (χ4v) is 3.37. The molecular formula is C18H23ClF4N6OS.